The molecule has 0 radical (unpaired) electrons. The van der Waals surface area contributed by atoms with E-state index in [-0.39, 0.29) is 30.8 Å². The number of carbonyl (C=O) groups is 2. The molecular weight excluding hydrogens is 445 g/mol. The number of carbonyl (C=O) groups excluding carboxylic acids is 2. The number of benzene rings is 2. The van der Waals surface area contributed by atoms with E-state index in [0.717, 1.165) is 43.8 Å². The highest BCUT2D eigenvalue weighted by Crippen LogP contribution is 2.32. The molecule has 2 aromatic rings. The van der Waals surface area contributed by atoms with E-state index in [1.54, 1.807) is 11.0 Å². The molecule has 0 spiro atoms. The fraction of sp³-hybridized carbons (Fsp3) is 0.440. The van der Waals surface area contributed by atoms with Gasteiger partial charge < -0.3 is 10.2 Å². The molecule has 0 saturated carbocycles. The van der Waals surface area contributed by atoms with Gasteiger partial charge in [0.25, 0.3) is 0 Å². The Labute approximate surface area is 197 Å². The van der Waals surface area contributed by atoms with E-state index in [1.165, 1.54) is 12.1 Å². The van der Waals surface area contributed by atoms with Crippen LogP contribution in [-0.2, 0) is 22.3 Å². The number of nitrogens with one attached hydrogen (secondary N) is 1. The molecule has 4 rings (SSSR count). The van der Waals surface area contributed by atoms with Crippen molar-refractivity contribution in [3.8, 4) is 0 Å². The molecule has 2 heterocycles. The standard InChI is InChI=1S/C25H29F3N4O2/c1-18-15-23(33)29-21-5-2-3-6-22(21)32(18)24(34)17-31-12-4-11-30(13-14-31)16-19-7-9-20(10-8-19)25(26,27)28/h2-3,5-10,18H,4,11-17H2,1H3,(H,29,33). The molecule has 1 unspecified atom stereocenters. The number of hydrogen-bond acceptors (Lipinski definition) is 4. The van der Waals surface area contributed by atoms with Gasteiger partial charge in [-0.25, -0.2) is 0 Å². The van der Waals surface area contributed by atoms with Crippen LogP contribution in [0.5, 0.6) is 0 Å². The van der Waals surface area contributed by atoms with Crippen LogP contribution in [0.25, 0.3) is 0 Å². The Hall–Kier alpha value is -2.91. The summed E-state index contributed by atoms with van der Waals surface area (Å²) in [5, 5.41) is 2.88. The van der Waals surface area contributed by atoms with Gasteiger partial charge in [0.15, 0.2) is 0 Å². The summed E-state index contributed by atoms with van der Waals surface area (Å²) in [6, 6.07) is 12.4. The van der Waals surface area contributed by atoms with Crippen molar-refractivity contribution in [2.24, 2.45) is 0 Å². The van der Waals surface area contributed by atoms with Crippen LogP contribution in [0, 0.1) is 0 Å². The van der Waals surface area contributed by atoms with Crippen LogP contribution >= 0.6 is 0 Å². The third-order valence-corrected chi connectivity index (χ3v) is 6.36. The SMILES string of the molecule is CC1CC(=O)Nc2ccccc2N1C(=O)CN1CCCN(Cc2ccc(C(F)(F)F)cc2)CC1. The molecule has 2 aliphatic rings. The normalized spacial score (nSPS) is 20.3. The van der Waals surface area contributed by atoms with E-state index in [0.29, 0.717) is 24.5 Å². The van der Waals surface area contributed by atoms with Crippen molar-refractivity contribution in [1.29, 1.82) is 0 Å². The van der Waals surface area contributed by atoms with Gasteiger partial charge in [0.05, 0.1) is 23.5 Å². The minimum Gasteiger partial charge on any atom is -0.324 e. The van der Waals surface area contributed by atoms with Gasteiger partial charge in [0.2, 0.25) is 11.8 Å². The van der Waals surface area contributed by atoms with Crippen molar-refractivity contribution >= 4 is 23.2 Å². The van der Waals surface area contributed by atoms with Crippen molar-refractivity contribution < 1.29 is 22.8 Å². The molecule has 1 atom stereocenters. The highest BCUT2D eigenvalue weighted by molar-refractivity contribution is 6.04. The van der Waals surface area contributed by atoms with Crippen molar-refractivity contribution in [3.63, 3.8) is 0 Å². The van der Waals surface area contributed by atoms with Crippen LogP contribution < -0.4 is 10.2 Å². The van der Waals surface area contributed by atoms with Crippen molar-refractivity contribution in [3.05, 3.63) is 59.7 Å². The Bertz CT molecular complexity index is 1030. The molecule has 34 heavy (non-hydrogen) atoms. The summed E-state index contributed by atoms with van der Waals surface area (Å²) in [5.74, 6) is -0.156. The second-order valence-electron chi connectivity index (χ2n) is 8.98. The van der Waals surface area contributed by atoms with Crippen LogP contribution in [0.4, 0.5) is 24.5 Å². The minimum atomic E-state index is -4.33. The van der Waals surface area contributed by atoms with E-state index in [1.807, 2.05) is 25.1 Å². The fourth-order valence-electron chi connectivity index (χ4n) is 4.63. The van der Waals surface area contributed by atoms with Gasteiger partial charge in [-0.05, 0) is 56.3 Å². The molecular formula is C25H29F3N4O2. The van der Waals surface area contributed by atoms with Crippen LogP contribution in [0.15, 0.2) is 48.5 Å². The summed E-state index contributed by atoms with van der Waals surface area (Å²) in [7, 11) is 0. The number of rotatable bonds is 4. The zero-order valence-electron chi connectivity index (χ0n) is 19.1. The monoisotopic (exact) mass is 474 g/mol. The minimum absolute atomic E-state index is 0.0485. The number of amides is 2. The molecule has 0 aliphatic carbocycles. The molecule has 1 fully saturated rings. The Balaban J connectivity index is 1.37. The average Bonchev–Trinajstić information content (AvgIpc) is 3.06. The molecule has 2 aromatic carbocycles. The first-order valence-electron chi connectivity index (χ1n) is 11.5. The summed E-state index contributed by atoms with van der Waals surface area (Å²) < 4.78 is 38.4. The number of para-hydroxylation sites is 2. The van der Waals surface area contributed by atoms with Crippen LogP contribution in [0.2, 0.25) is 0 Å². The van der Waals surface area contributed by atoms with Crippen LogP contribution in [-0.4, -0.2) is 60.4 Å². The summed E-state index contributed by atoms with van der Waals surface area (Å²) in [6.07, 6.45) is -3.23. The molecule has 1 saturated heterocycles. The molecule has 2 amide bonds. The summed E-state index contributed by atoms with van der Waals surface area (Å²) in [4.78, 5) is 31.6. The van der Waals surface area contributed by atoms with Gasteiger partial charge in [0.1, 0.15) is 0 Å². The Morgan fingerprint density at radius 1 is 1.00 bits per heavy atom. The number of alkyl halides is 3. The highest BCUT2D eigenvalue weighted by Gasteiger charge is 2.31. The van der Waals surface area contributed by atoms with Gasteiger partial charge in [-0.3, -0.25) is 19.4 Å². The van der Waals surface area contributed by atoms with Gasteiger partial charge in [-0.2, -0.15) is 13.2 Å². The maximum absolute atomic E-state index is 13.3. The van der Waals surface area contributed by atoms with Gasteiger partial charge >= 0.3 is 6.18 Å². The van der Waals surface area contributed by atoms with E-state index >= 15 is 0 Å². The van der Waals surface area contributed by atoms with Gasteiger partial charge in [0, 0.05) is 32.1 Å². The van der Waals surface area contributed by atoms with E-state index < -0.39 is 11.7 Å². The molecule has 9 heteroatoms. The van der Waals surface area contributed by atoms with Crippen molar-refractivity contribution in [2.45, 2.75) is 38.5 Å². The smallest absolute Gasteiger partial charge is 0.324 e. The van der Waals surface area contributed by atoms with E-state index in [2.05, 4.69) is 15.1 Å². The predicted octanol–water partition coefficient (Wildman–Crippen LogP) is 3.98. The van der Waals surface area contributed by atoms with Crippen LogP contribution in [0.3, 0.4) is 0 Å². The Morgan fingerprint density at radius 2 is 1.68 bits per heavy atom. The zero-order valence-corrected chi connectivity index (χ0v) is 19.1. The van der Waals surface area contributed by atoms with E-state index in [9.17, 15) is 22.8 Å². The first kappa shape index (κ1) is 24.2. The third-order valence-electron chi connectivity index (χ3n) is 6.36. The fourth-order valence-corrected chi connectivity index (χ4v) is 4.63. The Morgan fingerprint density at radius 3 is 2.41 bits per heavy atom. The maximum atomic E-state index is 13.3. The molecule has 0 bridgehead atoms. The predicted molar refractivity (Wildman–Crippen MR) is 124 cm³/mol. The number of fused-ring (bicyclic) bond motifs is 1. The Kier molecular flexibility index (Phi) is 7.23. The molecule has 0 aromatic heterocycles. The number of nitrogens with zero attached hydrogens (tertiary/aromatic N) is 3. The van der Waals surface area contributed by atoms with E-state index in [4.69, 9.17) is 0 Å². The second-order valence-corrected chi connectivity index (χ2v) is 8.98. The summed E-state index contributed by atoms with van der Waals surface area (Å²) >= 11 is 0. The maximum Gasteiger partial charge on any atom is 0.416 e. The second kappa shape index (κ2) is 10.1. The lowest BCUT2D eigenvalue weighted by atomic mass is 10.1. The first-order valence-corrected chi connectivity index (χ1v) is 11.5. The molecule has 2 aliphatic heterocycles. The summed E-state index contributed by atoms with van der Waals surface area (Å²) in [5.41, 5.74) is 1.55. The lowest BCUT2D eigenvalue weighted by molar-refractivity contribution is -0.137. The van der Waals surface area contributed by atoms with Crippen LogP contribution in [0.1, 0.15) is 30.9 Å². The average molecular weight is 475 g/mol. The first-order chi connectivity index (χ1) is 16.2. The molecule has 1 N–H and O–H groups in total. The quantitative estimate of drug-likeness (QED) is 0.729. The highest BCUT2D eigenvalue weighted by atomic mass is 19.4. The number of halogens is 3. The number of hydrogen-bond donors (Lipinski definition) is 1. The van der Waals surface area contributed by atoms with Crippen molar-refractivity contribution in [1.82, 2.24) is 9.80 Å². The van der Waals surface area contributed by atoms with Gasteiger partial charge in [-0.15, -0.1) is 0 Å². The molecule has 182 valence electrons. The zero-order chi connectivity index (χ0) is 24.3. The topological polar surface area (TPSA) is 55.9 Å². The lowest BCUT2D eigenvalue weighted by Crippen LogP contribution is -2.45. The van der Waals surface area contributed by atoms with Crippen molar-refractivity contribution in [2.75, 3.05) is 42.9 Å². The molecule has 6 nitrogen and oxygen atoms in total. The third kappa shape index (κ3) is 5.77. The lowest BCUT2D eigenvalue weighted by Gasteiger charge is -2.30. The largest absolute Gasteiger partial charge is 0.416 e. The van der Waals surface area contributed by atoms with Gasteiger partial charge in [-0.1, -0.05) is 24.3 Å². The summed E-state index contributed by atoms with van der Waals surface area (Å²) in [6.45, 7) is 5.69. The number of anilines is 2.